The molecule has 0 aliphatic carbocycles. The largest absolute Gasteiger partial charge is 0.490 e. The van der Waals surface area contributed by atoms with Gasteiger partial charge in [-0.25, -0.2) is 5.43 Å². The molecule has 122 valence electrons. The number of benzene rings is 1. The van der Waals surface area contributed by atoms with Crippen molar-refractivity contribution in [2.24, 2.45) is 11.0 Å². The molecule has 23 heavy (non-hydrogen) atoms. The standard InChI is InChI=1S/C17H20N2O3S/c1-4-21-12-7-11-8-15(17-10(3)6-16(20)18-19-17)23-14(11)9-13(12)22-5-2/h7-10H,4-6H2,1-3H3,(H,18,20). The molecule has 5 nitrogen and oxygen atoms in total. The van der Waals surface area contributed by atoms with Crippen LogP contribution in [0.25, 0.3) is 10.1 Å². The summed E-state index contributed by atoms with van der Waals surface area (Å²) in [7, 11) is 0. The molecule has 0 bridgehead atoms. The topological polar surface area (TPSA) is 59.9 Å². The van der Waals surface area contributed by atoms with E-state index >= 15 is 0 Å². The van der Waals surface area contributed by atoms with E-state index in [1.165, 1.54) is 0 Å². The Balaban J connectivity index is 2.03. The first-order valence-electron chi connectivity index (χ1n) is 7.82. The molecule has 1 atom stereocenters. The highest BCUT2D eigenvalue weighted by atomic mass is 32.1. The second-order valence-electron chi connectivity index (χ2n) is 5.45. The molecular formula is C17H20N2O3S. The summed E-state index contributed by atoms with van der Waals surface area (Å²) < 4.78 is 12.5. The Morgan fingerprint density at radius 1 is 1.22 bits per heavy atom. The zero-order valence-electron chi connectivity index (χ0n) is 13.5. The first-order chi connectivity index (χ1) is 11.1. The Hall–Kier alpha value is -2.08. The summed E-state index contributed by atoms with van der Waals surface area (Å²) >= 11 is 1.66. The first kappa shape index (κ1) is 15.8. The van der Waals surface area contributed by atoms with Crippen molar-refractivity contribution < 1.29 is 14.3 Å². The maximum absolute atomic E-state index is 11.4. The van der Waals surface area contributed by atoms with Gasteiger partial charge in [0.2, 0.25) is 5.91 Å². The summed E-state index contributed by atoms with van der Waals surface area (Å²) in [6.07, 6.45) is 0.474. The van der Waals surface area contributed by atoms with Crippen LogP contribution in [0.1, 0.15) is 32.1 Å². The van der Waals surface area contributed by atoms with E-state index in [0.717, 1.165) is 32.2 Å². The zero-order valence-corrected chi connectivity index (χ0v) is 14.3. The van der Waals surface area contributed by atoms with Gasteiger partial charge in [0.15, 0.2) is 11.5 Å². The molecule has 1 aliphatic heterocycles. The van der Waals surface area contributed by atoms with Gasteiger partial charge in [0.05, 0.1) is 23.8 Å². The normalized spacial score (nSPS) is 17.8. The van der Waals surface area contributed by atoms with Gasteiger partial charge in [-0.3, -0.25) is 4.79 Å². The van der Waals surface area contributed by atoms with Gasteiger partial charge in [0, 0.05) is 23.1 Å². The van der Waals surface area contributed by atoms with Crippen molar-refractivity contribution >= 4 is 33.0 Å². The molecule has 0 fully saturated rings. The number of hydrogen-bond acceptors (Lipinski definition) is 5. The maximum Gasteiger partial charge on any atom is 0.240 e. The molecule has 0 saturated heterocycles. The fourth-order valence-corrected chi connectivity index (χ4v) is 3.84. The van der Waals surface area contributed by atoms with E-state index in [0.29, 0.717) is 19.6 Å². The van der Waals surface area contributed by atoms with Crippen LogP contribution in [0.5, 0.6) is 11.5 Å². The van der Waals surface area contributed by atoms with E-state index in [1.807, 2.05) is 32.9 Å². The number of nitrogens with one attached hydrogen (secondary N) is 1. The van der Waals surface area contributed by atoms with Crippen molar-refractivity contribution in [2.75, 3.05) is 13.2 Å². The van der Waals surface area contributed by atoms with Crippen LogP contribution in [-0.2, 0) is 4.79 Å². The van der Waals surface area contributed by atoms with Crippen LogP contribution < -0.4 is 14.9 Å². The minimum Gasteiger partial charge on any atom is -0.490 e. The van der Waals surface area contributed by atoms with E-state index in [4.69, 9.17) is 9.47 Å². The lowest BCUT2D eigenvalue weighted by Crippen LogP contribution is -2.31. The number of carbonyl (C=O) groups excluding carboxylic acids is 1. The summed E-state index contributed by atoms with van der Waals surface area (Å²) in [6.45, 7) is 7.14. The Kier molecular flexibility index (Phi) is 4.52. The lowest BCUT2D eigenvalue weighted by Gasteiger charge is -2.17. The third-order valence-electron chi connectivity index (χ3n) is 3.69. The number of carbonyl (C=O) groups is 1. The van der Waals surface area contributed by atoms with Gasteiger partial charge >= 0.3 is 0 Å². The van der Waals surface area contributed by atoms with E-state index in [-0.39, 0.29) is 11.8 Å². The highest BCUT2D eigenvalue weighted by molar-refractivity contribution is 7.21. The molecule has 6 heteroatoms. The molecule has 1 aromatic carbocycles. The fourth-order valence-electron chi connectivity index (χ4n) is 2.66. The van der Waals surface area contributed by atoms with Crippen LogP contribution in [0, 0.1) is 5.92 Å². The maximum atomic E-state index is 11.4. The molecule has 1 amide bonds. The van der Waals surface area contributed by atoms with Gasteiger partial charge in [-0.2, -0.15) is 5.10 Å². The van der Waals surface area contributed by atoms with Crippen LogP contribution >= 0.6 is 11.3 Å². The van der Waals surface area contributed by atoms with Crippen LogP contribution in [0.3, 0.4) is 0 Å². The van der Waals surface area contributed by atoms with E-state index in [9.17, 15) is 4.79 Å². The average Bonchev–Trinajstić information content (AvgIpc) is 2.90. The van der Waals surface area contributed by atoms with Gasteiger partial charge in [0.1, 0.15) is 0 Å². The number of rotatable bonds is 5. The predicted molar refractivity (Wildman–Crippen MR) is 92.6 cm³/mol. The van der Waals surface area contributed by atoms with Crippen molar-refractivity contribution in [2.45, 2.75) is 27.2 Å². The van der Waals surface area contributed by atoms with E-state index in [2.05, 4.69) is 16.6 Å². The molecule has 3 rings (SSSR count). The zero-order chi connectivity index (χ0) is 16.4. The number of hydrogen-bond donors (Lipinski definition) is 1. The van der Waals surface area contributed by atoms with Gasteiger partial charge < -0.3 is 9.47 Å². The first-order valence-corrected chi connectivity index (χ1v) is 8.64. The second-order valence-corrected chi connectivity index (χ2v) is 6.53. The number of hydrazone groups is 1. The molecule has 1 unspecified atom stereocenters. The average molecular weight is 332 g/mol. The highest BCUT2D eigenvalue weighted by Crippen LogP contribution is 2.37. The van der Waals surface area contributed by atoms with Crippen LogP contribution in [0.2, 0.25) is 0 Å². The molecule has 0 radical (unpaired) electrons. The number of ether oxygens (including phenoxy) is 2. The van der Waals surface area contributed by atoms with Crippen LogP contribution in [0.4, 0.5) is 0 Å². The lowest BCUT2D eigenvalue weighted by atomic mass is 9.99. The fraction of sp³-hybridized carbons (Fsp3) is 0.412. The van der Waals surface area contributed by atoms with E-state index < -0.39 is 0 Å². The van der Waals surface area contributed by atoms with Crippen LogP contribution in [0.15, 0.2) is 23.3 Å². The third kappa shape index (κ3) is 3.17. The van der Waals surface area contributed by atoms with Gasteiger partial charge in [-0.1, -0.05) is 6.92 Å². The number of thiophene rings is 1. The summed E-state index contributed by atoms with van der Waals surface area (Å²) in [5.41, 5.74) is 3.51. The van der Waals surface area contributed by atoms with Crippen molar-refractivity contribution in [3.63, 3.8) is 0 Å². The van der Waals surface area contributed by atoms with Crippen molar-refractivity contribution in [1.29, 1.82) is 0 Å². The van der Waals surface area contributed by atoms with Gasteiger partial charge in [-0.15, -0.1) is 11.3 Å². The smallest absolute Gasteiger partial charge is 0.240 e. The van der Waals surface area contributed by atoms with E-state index in [1.54, 1.807) is 11.3 Å². The summed E-state index contributed by atoms with van der Waals surface area (Å²) in [6, 6.07) is 6.13. The molecule has 0 saturated carbocycles. The monoisotopic (exact) mass is 332 g/mol. The van der Waals surface area contributed by atoms with Gasteiger partial charge in [-0.05, 0) is 31.4 Å². The lowest BCUT2D eigenvalue weighted by molar-refractivity contribution is -0.121. The minimum absolute atomic E-state index is 0.0281. The molecule has 1 aromatic heterocycles. The third-order valence-corrected chi connectivity index (χ3v) is 4.81. The molecular weight excluding hydrogens is 312 g/mol. The number of amides is 1. The molecule has 1 N–H and O–H groups in total. The minimum atomic E-state index is -0.0281. The summed E-state index contributed by atoms with van der Waals surface area (Å²) in [5, 5.41) is 5.34. The van der Waals surface area contributed by atoms with Gasteiger partial charge in [0.25, 0.3) is 0 Å². The Morgan fingerprint density at radius 2 is 1.91 bits per heavy atom. The predicted octanol–water partition coefficient (Wildman–Crippen LogP) is 3.56. The SMILES string of the molecule is CCOc1cc2cc(C3=NNC(=O)CC3C)sc2cc1OCC. The second kappa shape index (κ2) is 6.58. The summed E-state index contributed by atoms with van der Waals surface area (Å²) in [4.78, 5) is 12.5. The molecule has 2 heterocycles. The quantitative estimate of drug-likeness (QED) is 0.911. The molecule has 2 aromatic rings. The Bertz CT molecular complexity index is 724. The van der Waals surface area contributed by atoms with Crippen molar-refractivity contribution in [1.82, 2.24) is 5.43 Å². The number of nitrogens with zero attached hydrogens (tertiary/aromatic N) is 1. The number of fused-ring (bicyclic) bond motifs is 1. The van der Waals surface area contributed by atoms with Crippen molar-refractivity contribution in [3.8, 4) is 11.5 Å². The van der Waals surface area contributed by atoms with Crippen molar-refractivity contribution in [3.05, 3.63) is 23.1 Å². The highest BCUT2D eigenvalue weighted by Gasteiger charge is 2.23. The Morgan fingerprint density at radius 3 is 2.57 bits per heavy atom. The van der Waals surface area contributed by atoms with Crippen LogP contribution in [-0.4, -0.2) is 24.8 Å². The Labute approximate surface area is 139 Å². The molecule has 0 spiro atoms. The summed E-state index contributed by atoms with van der Waals surface area (Å²) in [5.74, 6) is 1.62. The molecule has 1 aliphatic rings.